The topological polar surface area (TPSA) is 84.2 Å². The zero-order valence-corrected chi connectivity index (χ0v) is 15.6. The number of hydrogen-bond donors (Lipinski definition) is 3. The number of urea groups is 1. The van der Waals surface area contributed by atoms with Gasteiger partial charge in [0.1, 0.15) is 0 Å². The maximum absolute atomic E-state index is 12.3. The van der Waals surface area contributed by atoms with E-state index in [-0.39, 0.29) is 18.2 Å². The molecule has 2 aromatic rings. The molecule has 0 heterocycles. The zero-order valence-electron chi connectivity index (χ0n) is 14.0. The Labute approximate surface area is 156 Å². The smallest absolute Gasteiger partial charge is 0.312 e. The lowest BCUT2D eigenvalue weighted by atomic mass is 10.0. The molecule has 6 heteroatoms. The van der Waals surface area contributed by atoms with Gasteiger partial charge in [-0.1, -0.05) is 65.3 Å². The van der Waals surface area contributed by atoms with Gasteiger partial charge in [-0.25, -0.2) is 4.79 Å². The molecule has 0 aliphatic carbocycles. The van der Waals surface area contributed by atoms with Gasteiger partial charge in [0.15, 0.2) is 0 Å². The Kier molecular flexibility index (Phi) is 7.01. The van der Waals surface area contributed by atoms with E-state index in [4.69, 9.17) is 5.73 Å². The van der Waals surface area contributed by atoms with Gasteiger partial charge in [0.25, 0.3) is 0 Å². The van der Waals surface area contributed by atoms with Crippen LogP contribution in [0, 0.1) is 0 Å². The van der Waals surface area contributed by atoms with Gasteiger partial charge >= 0.3 is 6.03 Å². The number of primary amides is 1. The molecule has 2 aromatic carbocycles. The number of hydrogen-bond acceptors (Lipinski definition) is 2. The number of nitrogens with two attached hydrogens (primary N) is 1. The number of carbonyl (C=O) groups excluding carboxylic acids is 2. The summed E-state index contributed by atoms with van der Waals surface area (Å²) < 4.78 is 0.874. The van der Waals surface area contributed by atoms with Crippen LogP contribution in [0.25, 0.3) is 0 Å². The summed E-state index contributed by atoms with van der Waals surface area (Å²) in [7, 11) is 0. The van der Waals surface area contributed by atoms with Crippen molar-refractivity contribution in [1.82, 2.24) is 10.6 Å². The van der Waals surface area contributed by atoms with E-state index in [1.165, 1.54) is 5.56 Å². The van der Waals surface area contributed by atoms with Crippen molar-refractivity contribution >= 4 is 27.9 Å². The summed E-state index contributed by atoms with van der Waals surface area (Å²) in [5.41, 5.74) is 7.24. The largest absolute Gasteiger partial charge is 0.355 e. The van der Waals surface area contributed by atoms with Crippen molar-refractivity contribution in [3.05, 3.63) is 70.2 Å². The molecule has 5 nitrogen and oxygen atoms in total. The Morgan fingerprint density at radius 1 is 1.08 bits per heavy atom. The minimum atomic E-state index is -0.657. The van der Waals surface area contributed by atoms with Crippen molar-refractivity contribution in [3.63, 3.8) is 0 Å². The van der Waals surface area contributed by atoms with Crippen LogP contribution in [0.4, 0.5) is 4.79 Å². The van der Waals surface area contributed by atoms with Gasteiger partial charge < -0.3 is 16.4 Å². The monoisotopic (exact) mass is 403 g/mol. The van der Waals surface area contributed by atoms with Gasteiger partial charge in [0.05, 0.1) is 12.5 Å². The van der Waals surface area contributed by atoms with Gasteiger partial charge in [0.2, 0.25) is 5.91 Å². The fourth-order valence-corrected chi connectivity index (χ4v) is 2.99. The van der Waals surface area contributed by atoms with E-state index in [1.54, 1.807) is 0 Å². The van der Waals surface area contributed by atoms with Crippen LogP contribution in [0.5, 0.6) is 0 Å². The fraction of sp³-hybridized carbons (Fsp3) is 0.263. The molecule has 0 aliphatic rings. The number of carbonyl (C=O) groups is 2. The van der Waals surface area contributed by atoms with Crippen molar-refractivity contribution in [3.8, 4) is 0 Å². The summed E-state index contributed by atoms with van der Waals surface area (Å²) in [4.78, 5) is 23.6. The lowest BCUT2D eigenvalue weighted by molar-refractivity contribution is -0.121. The standard InChI is InChI=1S/C19H22BrN3O2/c1-13(14-6-3-2-4-7-14)12-22-18(24)11-17(23-19(21)25)15-8-5-9-16(20)10-15/h2-10,13,17H,11-12H2,1H3,(H,22,24)(H3,21,23,25). The van der Waals surface area contributed by atoms with E-state index in [0.717, 1.165) is 10.0 Å². The molecule has 0 spiro atoms. The second-order valence-electron chi connectivity index (χ2n) is 5.94. The van der Waals surface area contributed by atoms with Crippen molar-refractivity contribution in [1.29, 1.82) is 0 Å². The summed E-state index contributed by atoms with van der Waals surface area (Å²) >= 11 is 3.39. The zero-order chi connectivity index (χ0) is 18.2. The number of amides is 3. The second kappa shape index (κ2) is 9.22. The Morgan fingerprint density at radius 2 is 1.76 bits per heavy atom. The third-order valence-electron chi connectivity index (χ3n) is 3.93. The highest BCUT2D eigenvalue weighted by atomic mass is 79.9. The first-order chi connectivity index (χ1) is 12.0. The van der Waals surface area contributed by atoms with E-state index >= 15 is 0 Å². The molecule has 25 heavy (non-hydrogen) atoms. The highest BCUT2D eigenvalue weighted by molar-refractivity contribution is 9.10. The van der Waals surface area contributed by atoms with Gasteiger partial charge in [0, 0.05) is 11.0 Å². The maximum Gasteiger partial charge on any atom is 0.312 e. The molecule has 0 saturated heterocycles. The van der Waals surface area contributed by atoms with E-state index in [0.29, 0.717) is 6.54 Å². The summed E-state index contributed by atoms with van der Waals surface area (Å²) in [6.07, 6.45) is 0.126. The highest BCUT2D eigenvalue weighted by Gasteiger charge is 2.18. The van der Waals surface area contributed by atoms with Crippen molar-refractivity contribution in [2.75, 3.05) is 6.54 Å². The molecule has 0 bridgehead atoms. The minimum Gasteiger partial charge on any atom is -0.355 e. The molecule has 2 atom stereocenters. The number of halogens is 1. The summed E-state index contributed by atoms with van der Waals surface area (Å²) in [6.45, 7) is 2.59. The van der Waals surface area contributed by atoms with E-state index in [9.17, 15) is 9.59 Å². The third kappa shape index (κ3) is 6.23. The van der Waals surface area contributed by atoms with E-state index in [1.807, 2.05) is 54.6 Å². The lowest BCUT2D eigenvalue weighted by Crippen LogP contribution is -2.37. The SMILES string of the molecule is CC(CNC(=O)CC(NC(N)=O)c1cccc(Br)c1)c1ccccc1. The average molecular weight is 404 g/mol. The minimum absolute atomic E-state index is 0.126. The molecule has 2 unspecified atom stereocenters. The van der Waals surface area contributed by atoms with Crippen LogP contribution in [0.3, 0.4) is 0 Å². The molecule has 3 amide bonds. The van der Waals surface area contributed by atoms with Gasteiger partial charge in [-0.05, 0) is 29.2 Å². The molecule has 0 aromatic heterocycles. The third-order valence-corrected chi connectivity index (χ3v) is 4.42. The summed E-state index contributed by atoms with van der Waals surface area (Å²) in [5, 5.41) is 5.56. The Balaban J connectivity index is 1.96. The predicted octanol–water partition coefficient (Wildman–Crippen LogP) is 3.47. The molecule has 0 aliphatic heterocycles. The first kappa shape index (κ1) is 19.0. The molecule has 0 saturated carbocycles. The lowest BCUT2D eigenvalue weighted by Gasteiger charge is -2.19. The first-order valence-corrected chi connectivity index (χ1v) is 8.88. The van der Waals surface area contributed by atoms with Crippen LogP contribution >= 0.6 is 15.9 Å². The van der Waals surface area contributed by atoms with Crippen molar-refractivity contribution < 1.29 is 9.59 Å². The molecule has 4 N–H and O–H groups in total. The summed E-state index contributed by atoms with van der Waals surface area (Å²) in [6, 6.07) is 16.3. The van der Waals surface area contributed by atoms with Gasteiger partial charge in [-0.15, -0.1) is 0 Å². The number of benzene rings is 2. The van der Waals surface area contributed by atoms with Crippen LogP contribution in [0.2, 0.25) is 0 Å². The molecular formula is C19H22BrN3O2. The van der Waals surface area contributed by atoms with Crippen LogP contribution in [-0.2, 0) is 4.79 Å². The quantitative estimate of drug-likeness (QED) is 0.660. The Hall–Kier alpha value is -2.34. The number of nitrogens with one attached hydrogen (secondary N) is 2. The normalized spacial score (nSPS) is 12.9. The Morgan fingerprint density at radius 3 is 2.40 bits per heavy atom. The van der Waals surface area contributed by atoms with Gasteiger partial charge in [-0.3, -0.25) is 4.79 Å². The second-order valence-corrected chi connectivity index (χ2v) is 6.85. The molecule has 132 valence electrons. The molecule has 0 radical (unpaired) electrons. The van der Waals surface area contributed by atoms with Crippen LogP contribution in [-0.4, -0.2) is 18.5 Å². The fourth-order valence-electron chi connectivity index (χ4n) is 2.57. The van der Waals surface area contributed by atoms with Crippen molar-refractivity contribution in [2.24, 2.45) is 5.73 Å². The van der Waals surface area contributed by atoms with Crippen LogP contribution in [0.15, 0.2) is 59.1 Å². The summed E-state index contributed by atoms with van der Waals surface area (Å²) in [5.74, 6) is 0.0695. The van der Waals surface area contributed by atoms with Crippen LogP contribution in [0.1, 0.15) is 36.4 Å². The Bertz CT molecular complexity index is 722. The average Bonchev–Trinajstić information content (AvgIpc) is 2.59. The molecule has 0 fully saturated rings. The number of rotatable bonds is 7. The van der Waals surface area contributed by atoms with Gasteiger partial charge in [-0.2, -0.15) is 0 Å². The molecule has 2 rings (SSSR count). The van der Waals surface area contributed by atoms with E-state index < -0.39 is 12.1 Å². The highest BCUT2D eigenvalue weighted by Crippen LogP contribution is 2.21. The molecular weight excluding hydrogens is 382 g/mol. The van der Waals surface area contributed by atoms with Crippen molar-refractivity contribution in [2.45, 2.75) is 25.3 Å². The first-order valence-electron chi connectivity index (χ1n) is 8.08. The van der Waals surface area contributed by atoms with E-state index in [2.05, 4.69) is 33.5 Å². The van der Waals surface area contributed by atoms with Crippen LogP contribution < -0.4 is 16.4 Å². The maximum atomic E-state index is 12.3. The predicted molar refractivity (Wildman–Crippen MR) is 102 cm³/mol.